The van der Waals surface area contributed by atoms with Gasteiger partial charge in [0.2, 0.25) is 5.91 Å². The summed E-state index contributed by atoms with van der Waals surface area (Å²) < 4.78 is 5.66. The van der Waals surface area contributed by atoms with Gasteiger partial charge in [0.05, 0.1) is 23.4 Å². The van der Waals surface area contributed by atoms with Crippen molar-refractivity contribution in [3.8, 4) is 11.8 Å². The standard InChI is InChI=1S/C25H25ClN4O2/c1-3-32-20-6-7-23-21(13-20)24(18(14-27)15-28-23)30-10-8-17(9-11-30)25(31)29-19-5-4-16(2)22(26)12-19/h4-7,12-13,15,17H,3,8-11H2,1-2H3,(H,29,31). The summed E-state index contributed by atoms with van der Waals surface area (Å²) in [6.07, 6.45) is 3.02. The average Bonchev–Trinajstić information content (AvgIpc) is 2.81. The van der Waals surface area contributed by atoms with Crippen LogP contribution in [0.4, 0.5) is 11.4 Å². The number of ether oxygens (including phenoxy) is 1. The number of carbonyl (C=O) groups is 1. The molecule has 0 atom stereocenters. The van der Waals surface area contributed by atoms with Crippen molar-refractivity contribution in [2.45, 2.75) is 26.7 Å². The molecule has 2 heterocycles. The summed E-state index contributed by atoms with van der Waals surface area (Å²) >= 11 is 6.18. The van der Waals surface area contributed by atoms with Crippen molar-refractivity contribution in [2.24, 2.45) is 5.92 Å². The summed E-state index contributed by atoms with van der Waals surface area (Å²) in [6.45, 7) is 5.80. The van der Waals surface area contributed by atoms with Gasteiger partial charge < -0.3 is 15.0 Å². The monoisotopic (exact) mass is 448 g/mol. The Morgan fingerprint density at radius 3 is 2.75 bits per heavy atom. The number of rotatable bonds is 5. The van der Waals surface area contributed by atoms with Crippen molar-refractivity contribution >= 4 is 39.8 Å². The maximum Gasteiger partial charge on any atom is 0.227 e. The van der Waals surface area contributed by atoms with Crippen molar-refractivity contribution in [1.29, 1.82) is 5.26 Å². The number of nitriles is 1. The summed E-state index contributed by atoms with van der Waals surface area (Å²) in [5, 5.41) is 14.2. The first-order valence-corrected chi connectivity index (χ1v) is 11.2. The molecule has 2 aromatic carbocycles. The van der Waals surface area contributed by atoms with Gasteiger partial charge in [0.1, 0.15) is 11.8 Å². The number of aromatic nitrogens is 1. The molecule has 1 aromatic heterocycles. The molecule has 3 aromatic rings. The van der Waals surface area contributed by atoms with E-state index >= 15 is 0 Å². The van der Waals surface area contributed by atoms with Gasteiger partial charge in [-0.05, 0) is 62.6 Å². The minimum Gasteiger partial charge on any atom is -0.494 e. The number of nitrogens with one attached hydrogen (secondary N) is 1. The lowest BCUT2D eigenvalue weighted by Crippen LogP contribution is -2.38. The van der Waals surface area contributed by atoms with Gasteiger partial charge >= 0.3 is 0 Å². The van der Waals surface area contributed by atoms with Crippen LogP contribution in [0.5, 0.6) is 5.75 Å². The van der Waals surface area contributed by atoms with E-state index in [2.05, 4.69) is 21.3 Å². The Morgan fingerprint density at radius 2 is 2.06 bits per heavy atom. The maximum absolute atomic E-state index is 12.8. The number of hydrogen-bond donors (Lipinski definition) is 1. The minimum atomic E-state index is -0.0936. The van der Waals surface area contributed by atoms with Crippen molar-refractivity contribution in [1.82, 2.24) is 4.98 Å². The highest BCUT2D eigenvalue weighted by Crippen LogP contribution is 2.34. The molecule has 0 aliphatic carbocycles. The highest BCUT2D eigenvalue weighted by atomic mass is 35.5. The van der Waals surface area contributed by atoms with Crippen LogP contribution in [0.25, 0.3) is 10.9 Å². The molecule has 1 aliphatic heterocycles. The molecular weight excluding hydrogens is 424 g/mol. The summed E-state index contributed by atoms with van der Waals surface area (Å²) in [5.74, 6) is 0.663. The van der Waals surface area contributed by atoms with Crippen LogP contribution in [-0.2, 0) is 4.79 Å². The second-order valence-corrected chi connectivity index (χ2v) is 8.37. The summed E-state index contributed by atoms with van der Waals surface area (Å²) in [5.41, 5.74) is 3.90. The Morgan fingerprint density at radius 1 is 1.28 bits per heavy atom. The molecule has 1 N–H and O–H groups in total. The number of aryl methyl sites for hydroxylation is 1. The van der Waals surface area contributed by atoms with Crippen LogP contribution in [0.3, 0.4) is 0 Å². The average molecular weight is 449 g/mol. The number of nitrogens with zero attached hydrogens (tertiary/aromatic N) is 3. The third-order valence-corrected chi connectivity index (χ3v) is 6.27. The normalized spacial score (nSPS) is 14.2. The molecule has 0 saturated carbocycles. The molecule has 0 bridgehead atoms. The van der Waals surface area contributed by atoms with E-state index in [0.717, 1.165) is 27.9 Å². The first-order chi connectivity index (χ1) is 15.5. The fourth-order valence-electron chi connectivity index (χ4n) is 4.12. The molecule has 7 heteroatoms. The molecule has 32 heavy (non-hydrogen) atoms. The highest BCUT2D eigenvalue weighted by molar-refractivity contribution is 6.31. The van der Waals surface area contributed by atoms with Gasteiger partial charge in [-0.1, -0.05) is 17.7 Å². The van der Waals surface area contributed by atoms with Crippen LogP contribution in [0.1, 0.15) is 30.9 Å². The predicted octanol–water partition coefficient (Wildman–Crippen LogP) is 5.32. The van der Waals surface area contributed by atoms with Crippen LogP contribution in [-0.4, -0.2) is 30.6 Å². The zero-order chi connectivity index (χ0) is 22.7. The van der Waals surface area contributed by atoms with E-state index in [9.17, 15) is 10.1 Å². The topological polar surface area (TPSA) is 78.2 Å². The number of piperidine rings is 1. The number of carbonyl (C=O) groups excluding carboxylic acids is 1. The zero-order valence-electron chi connectivity index (χ0n) is 18.2. The second kappa shape index (κ2) is 9.46. The highest BCUT2D eigenvalue weighted by Gasteiger charge is 2.27. The molecule has 0 radical (unpaired) electrons. The zero-order valence-corrected chi connectivity index (χ0v) is 18.9. The van der Waals surface area contributed by atoms with E-state index < -0.39 is 0 Å². The van der Waals surface area contributed by atoms with Gasteiger partial charge in [-0.3, -0.25) is 9.78 Å². The van der Waals surface area contributed by atoms with Gasteiger partial charge in [-0.2, -0.15) is 5.26 Å². The van der Waals surface area contributed by atoms with E-state index in [4.69, 9.17) is 16.3 Å². The molecule has 6 nitrogen and oxygen atoms in total. The molecule has 1 saturated heterocycles. The molecule has 1 amide bonds. The molecule has 1 fully saturated rings. The number of pyridine rings is 1. The summed E-state index contributed by atoms with van der Waals surface area (Å²) in [4.78, 5) is 19.4. The second-order valence-electron chi connectivity index (χ2n) is 7.96. The van der Waals surface area contributed by atoms with Gasteiger partial charge in [-0.15, -0.1) is 0 Å². The minimum absolute atomic E-state index is 0.00305. The lowest BCUT2D eigenvalue weighted by molar-refractivity contribution is -0.120. The molecule has 0 unspecified atom stereocenters. The SMILES string of the molecule is CCOc1ccc2ncc(C#N)c(N3CCC(C(=O)Nc4ccc(C)c(Cl)c4)CC3)c2c1. The third kappa shape index (κ3) is 4.49. The van der Waals surface area contributed by atoms with Gasteiger partial charge in [0.25, 0.3) is 0 Å². The number of hydrogen-bond acceptors (Lipinski definition) is 5. The van der Waals surface area contributed by atoms with Gasteiger partial charge in [0.15, 0.2) is 0 Å². The third-order valence-electron chi connectivity index (χ3n) is 5.86. The molecule has 1 aliphatic rings. The lowest BCUT2D eigenvalue weighted by Gasteiger charge is -2.34. The van der Waals surface area contributed by atoms with Crippen molar-refractivity contribution in [2.75, 3.05) is 29.9 Å². The fourth-order valence-corrected chi connectivity index (χ4v) is 4.30. The Hall–Kier alpha value is -3.30. The lowest BCUT2D eigenvalue weighted by atomic mass is 9.94. The maximum atomic E-state index is 12.8. The Kier molecular flexibility index (Phi) is 6.48. The predicted molar refractivity (Wildman–Crippen MR) is 127 cm³/mol. The van der Waals surface area contributed by atoms with Crippen LogP contribution in [0.15, 0.2) is 42.6 Å². The largest absolute Gasteiger partial charge is 0.494 e. The Labute approximate surface area is 192 Å². The van der Waals surface area contributed by atoms with Crippen molar-refractivity contribution in [3.05, 3.63) is 58.7 Å². The summed E-state index contributed by atoms with van der Waals surface area (Å²) in [7, 11) is 0. The number of anilines is 2. The first kappa shape index (κ1) is 21.9. The van der Waals surface area contributed by atoms with Crippen molar-refractivity contribution < 1.29 is 9.53 Å². The van der Waals surface area contributed by atoms with E-state index in [0.29, 0.717) is 48.8 Å². The molecule has 164 valence electrons. The molecular formula is C25H25ClN4O2. The quantitative estimate of drug-likeness (QED) is 0.571. The Balaban J connectivity index is 1.52. The van der Waals surface area contributed by atoms with Crippen LogP contribution in [0.2, 0.25) is 5.02 Å². The fraction of sp³-hybridized carbons (Fsp3) is 0.320. The number of benzene rings is 2. The molecule has 0 spiro atoms. The van der Waals surface area contributed by atoms with E-state index in [-0.39, 0.29) is 11.8 Å². The number of fused-ring (bicyclic) bond motifs is 1. The summed E-state index contributed by atoms with van der Waals surface area (Å²) in [6, 6.07) is 13.6. The van der Waals surface area contributed by atoms with Crippen LogP contribution in [0, 0.1) is 24.2 Å². The van der Waals surface area contributed by atoms with Crippen LogP contribution >= 0.6 is 11.6 Å². The van der Waals surface area contributed by atoms with Gasteiger partial charge in [0, 0.05) is 41.3 Å². The Bertz CT molecular complexity index is 1200. The number of halogens is 1. The first-order valence-electron chi connectivity index (χ1n) is 10.8. The van der Waals surface area contributed by atoms with E-state index in [1.807, 2.05) is 44.2 Å². The van der Waals surface area contributed by atoms with Gasteiger partial charge in [-0.25, -0.2) is 0 Å². The van der Waals surface area contributed by atoms with E-state index in [1.54, 1.807) is 12.3 Å². The molecule has 4 rings (SSSR count). The van der Waals surface area contributed by atoms with Crippen molar-refractivity contribution in [3.63, 3.8) is 0 Å². The smallest absolute Gasteiger partial charge is 0.227 e. The number of amides is 1. The van der Waals surface area contributed by atoms with E-state index in [1.165, 1.54) is 0 Å². The van der Waals surface area contributed by atoms with Crippen LogP contribution < -0.4 is 15.0 Å².